The highest BCUT2D eigenvalue weighted by Gasteiger charge is 2.31. The van der Waals surface area contributed by atoms with Gasteiger partial charge >= 0.3 is 0 Å². The third kappa shape index (κ3) is 12.9. The summed E-state index contributed by atoms with van der Waals surface area (Å²) in [5.41, 5.74) is 35.0. The monoisotopic (exact) mass is 756 g/mol. The van der Waals surface area contributed by atoms with E-state index in [0.717, 1.165) is 59.1 Å². The van der Waals surface area contributed by atoms with E-state index < -0.39 is 18.0 Å². The lowest BCUT2D eigenvalue weighted by Gasteiger charge is -2.28. The highest BCUT2D eigenvalue weighted by molar-refractivity contribution is 5.93. The second-order valence-corrected chi connectivity index (χ2v) is 14.9. The number of carbonyl (C=O) groups is 3. The van der Waals surface area contributed by atoms with Crippen LogP contribution >= 0.6 is 0 Å². The van der Waals surface area contributed by atoms with Gasteiger partial charge in [-0.25, -0.2) is 0 Å². The van der Waals surface area contributed by atoms with E-state index in [1.807, 2.05) is 109 Å². The van der Waals surface area contributed by atoms with Crippen LogP contribution in [-0.2, 0) is 27.2 Å². The number of benzene rings is 4. The standard InChI is InChI=1S/C45H56N8O3/c46-39(26-30-13-19-35(20-14-30)33-8-3-1-4-9-33)41(54)29-37(12-7-25-51-44(47)48)43(56)53-40(42(55)28-32-17-23-38(24-18-32)52-45(49)50)27-31-15-21-36(22-16-31)34-10-5-2-6-11-34/h1-6,8-11,13-16,19-22,32,37-40H,7,12,17-18,23-29,46H2,(H,53,56)(H4,47,48,51)(H4,49,50,52)/t32?,37-,38?,39+,40+/m1/s1. The Kier molecular flexibility index (Phi) is 15.3. The van der Waals surface area contributed by atoms with Gasteiger partial charge in [-0.2, -0.15) is 0 Å². The molecule has 4 aromatic rings. The van der Waals surface area contributed by atoms with Gasteiger partial charge in [-0.1, -0.05) is 109 Å². The summed E-state index contributed by atoms with van der Waals surface area (Å²) in [6, 6.07) is 34.6. The molecule has 294 valence electrons. The quantitative estimate of drug-likeness (QED) is 0.0432. The van der Waals surface area contributed by atoms with Gasteiger partial charge in [0, 0.05) is 25.3 Å². The SMILES string of the molecule is NC(N)=NCCC[C@H](CC(=O)[C@@H](N)Cc1ccc(-c2ccccc2)cc1)C(=O)N[C@@H](Cc1ccc(-c2ccccc2)cc1)C(=O)CC1CCC(N=C(N)N)CC1. The summed E-state index contributed by atoms with van der Waals surface area (Å²) in [4.78, 5) is 50.3. The number of hydrogen-bond acceptors (Lipinski definition) is 6. The van der Waals surface area contributed by atoms with E-state index in [9.17, 15) is 14.4 Å². The number of nitrogens with two attached hydrogens (primary N) is 5. The predicted molar refractivity (Wildman–Crippen MR) is 225 cm³/mol. The minimum absolute atomic E-state index is 0.0429. The first-order chi connectivity index (χ1) is 27.0. The first-order valence-corrected chi connectivity index (χ1v) is 19.6. The molecule has 1 aliphatic carbocycles. The van der Waals surface area contributed by atoms with Crippen molar-refractivity contribution in [1.29, 1.82) is 0 Å². The lowest BCUT2D eigenvalue weighted by molar-refractivity contribution is -0.133. The first-order valence-electron chi connectivity index (χ1n) is 19.6. The zero-order valence-corrected chi connectivity index (χ0v) is 32.1. The van der Waals surface area contributed by atoms with Crippen molar-refractivity contribution in [1.82, 2.24) is 5.32 Å². The van der Waals surface area contributed by atoms with Gasteiger partial charge in [0.05, 0.1) is 18.1 Å². The maximum atomic E-state index is 14.2. The van der Waals surface area contributed by atoms with Gasteiger partial charge in [0.15, 0.2) is 23.5 Å². The Hall–Kier alpha value is -5.81. The van der Waals surface area contributed by atoms with Gasteiger partial charge in [-0.3, -0.25) is 24.4 Å². The zero-order chi connectivity index (χ0) is 39.9. The van der Waals surface area contributed by atoms with E-state index in [-0.39, 0.29) is 47.8 Å². The van der Waals surface area contributed by atoms with Crippen molar-refractivity contribution in [3.05, 3.63) is 120 Å². The highest BCUT2D eigenvalue weighted by atomic mass is 16.2. The Morgan fingerprint density at radius 1 is 0.643 bits per heavy atom. The van der Waals surface area contributed by atoms with Gasteiger partial charge in [0.1, 0.15) is 0 Å². The van der Waals surface area contributed by atoms with Gasteiger partial charge in [0.25, 0.3) is 0 Å². The molecule has 1 fully saturated rings. The maximum absolute atomic E-state index is 14.2. The molecule has 0 radical (unpaired) electrons. The number of ketones is 2. The maximum Gasteiger partial charge on any atom is 0.224 e. The molecule has 4 aromatic carbocycles. The molecule has 0 aromatic heterocycles. The van der Waals surface area contributed by atoms with E-state index in [0.29, 0.717) is 38.6 Å². The summed E-state index contributed by atoms with van der Waals surface area (Å²) in [5.74, 6) is -1.17. The Balaban J connectivity index is 1.29. The average Bonchev–Trinajstić information content (AvgIpc) is 3.20. The molecule has 3 atom stereocenters. The molecule has 0 spiro atoms. The van der Waals surface area contributed by atoms with Crippen LogP contribution in [0.2, 0.25) is 0 Å². The molecule has 0 saturated heterocycles. The molecule has 1 aliphatic rings. The summed E-state index contributed by atoms with van der Waals surface area (Å²) in [6.07, 6.45) is 4.94. The number of guanidine groups is 2. The fourth-order valence-corrected chi connectivity index (χ4v) is 7.45. The van der Waals surface area contributed by atoms with Crippen LogP contribution in [0, 0.1) is 11.8 Å². The van der Waals surface area contributed by atoms with E-state index in [1.165, 1.54) is 0 Å². The smallest absolute Gasteiger partial charge is 0.224 e. The van der Waals surface area contributed by atoms with Crippen LogP contribution in [-0.4, -0.2) is 54.1 Å². The Bertz CT molecular complexity index is 1920. The summed E-state index contributed by atoms with van der Waals surface area (Å²) in [5, 5.41) is 3.08. The molecule has 1 saturated carbocycles. The minimum atomic E-state index is -0.805. The molecule has 11 heteroatoms. The number of aliphatic imine (C=N–C) groups is 2. The molecule has 0 aliphatic heterocycles. The van der Waals surface area contributed by atoms with Gasteiger partial charge < -0.3 is 34.0 Å². The van der Waals surface area contributed by atoms with E-state index in [2.05, 4.69) is 15.3 Å². The topological polar surface area (TPSA) is 218 Å². The van der Waals surface area contributed by atoms with Crippen LogP contribution < -0.4 is 34.0 Å². The van der Waals surface area contributed by atoms with Gasteiger partial charge in [0.2, 0.25) is 5.91 Å². The summed E-state index contributed by atoms with van der Waals surface area (Å²) in [6.45, 7) is 0.304. The van der Waals surface area contributed by atoms with Crippen molar-refractivity contribution in [3.63, 3.8) is 0 Å². The van der Waals surface area contributed by atoms with Crippen LogP contribution in [0.15, 0.2) is 119 Å². The number of hydrogen-bond donors (Lipinski definition) is 6. The normalized spacial score (nSPS) is 16.8. The molecule has 11 nitrogen and oxygen atoms in total. The van der Waals surface area contributed by atoms with Crippen molar-refractivity contribution in [2.24, 2.45) is 50.5 Å². The molecule has 5 rings (SSSR count). The number of nitrogens with one attached hydrogen (secondary N) is 1. The Labute approximate surface area is 330 Å². The number of Topliss-reactive ketones (excluding diaryl/α,β-unsaturated/α-hetero) is 2. The van der Waals surface area contributed by atoms with Crippen LogP contribution in [0.3, 0.4) is 0 Å². The van der Waals surface area contributed by atoms with Crippen molar-refractivity contribution >= 4 is 29.4 Å². The lowest BCUT2D eigenvalue weighted by atomic mass is 9.82. The molecule has 11 N–H and O–H groups in total. The largest absolute Gasteiger partial charge is 0.370 e. The summed E-state index contributed by atoms with van der Waals surface area (Å²) in [7, 11) is 0. The fraction of sp³-hybridized carbons (Fsp3) is 0.356. The summed E-state index contributed by atoms with van der Waals surface area (Å²) < 4.78 is 0. The van der Waals surface area contributed by atoms with Gasteiger partial charge in [-0.05, 0) is 90.7 Å². The van der Waals surface area contributed by atoms with Crippen molar-refractivity contribution < 1.29 is 14.4 Å². The Morgan fingerprint density at radius 2 is 1.16 bits per heavy atom. The van der Waals surface area contributed by atoms with Gasteiger partial charge in [-0.15, -0.1) is 0 Å². The first kappa shape index (κ1) is 41.4. The molecule has 56 heavy (non-hydrogen) atoms. The average molecular weight is 757 g/mol. The number of nitrogens with zero attached hydrogens (tertiary/aromatic N) is 2. The lowest BCUT2D eigenvalue weighted by Crippen LogP contribution is -2.46. The Morgan fingerprint density at radius 3 is 1.68 bits per heavy atom. The number of amides is 1. The molecule has 0 heterocycles. The van der Waals surface area contributed by atoms with Crippen molar-refractivity contribution in [3.8, 4) is 22.3 Å². The molecule has 0 unspecified atom stereocenters. The third-order valence-corrected chi connectivity index (χ3v) is 10.6. The van der Waals surface area contributed by atoms with E-state index >= 15 is 0 Å². The van der Waals surface area contributed by atoms with Crippen LogP contribution in [0.1, 0.15) is 62.5 Å². The van der Waals surface area contributed by atoms with Crippen molar-refractivity contribution in [2.75, 3.05) is 6.54 Å². The molecular weight excluding hydrogens is 701 g/mol. The van der Waals surface area contributed by atoms with Crippen LogP contribution in [0.4, 0.5) is 0 Å². The molecule has 0 bridgehead atoms. The number of rotatable bonds is 19. The second kappa shape index (κ2) is 20.8. The van der Waals surface area contributed by atoms with Crippen molar-refractivity contribution in [2.45, 2.75) is 82.3 Å². The predicted octanol–water partition coefficient (Wildman–Crippen LogP) is 5.04. The fourth-order valence-electron chi connectivity index (χ4n) is 7.45. The second-order valence-electron chi connectivity index (χ2n) is 14.9. The number of carbonyl (C=O) groups excluding carboxylic acids is 3. The van der Waals surface area contributed by atoms with Crippen LogP contribution in [0.5, 0.6) is 0 Å². The van der Waals surface area contributed by atoms with Crippen LogP contribution in [0.25, 0.3) is 22.3 Å². The van der Waals surface area contributed by atoms with E-state index in [1.54, 1.807) is 0 Å². The third-order valence-electron chi connectivity index (χ3n) is 10.6. The highest BCUT2D eigenvalue weighted by Crippen LogP contribution is 2.30. The molecular formula is C45H56N8O3. The zero-order valence-electron chi connectivity index (χ0n) is 32.1. The summed E-state index contributed by atoms with van der Waals surface area (Å²) >= 11 is 0. The minimum Gasteiger partial charge on any atom is -0.370 e. The van der Waals surface area contributed by atoms with E-state index in [4.69, 9.17) is 28.7 Å². The molecule has 1 amide bonds.